The maximum Gasteiger partial charge on any atom is 0.369 e. The van der Waals surface area contributed by atoms with Crippen LogP contribution in [0.5, 0.6) is 5.75 Å². The van der Waals surface area contributed by atoms with E-state index in [0.29, 0.717) is 31.9 Å². The molecule has 0 spiro atoms. The van der Waals surface area contributed by atoms with E-state index in [1.807, 2.05) is 18.2 Å². The molecule has 0 aromatic heterocycles. The maximum absolute atomic E-state index is 11.4. The number of hydrogen-bond donors (Lipinski definition) is 9. The van der Waals surface area contributed by atoms with Crippen molar-refractivity contribution in [2.75, 3.05) is 26.7 Å². The number of hydrazine groups is 2. The highest BCUT2D eigenvalue weighted by Crippen LogP contribution is 2.68. The van der Waals surface area contributed by atoms with Crippen LogP contribution < -0.4 is 26.9 Å². The van der Waals surface area contributed by atoms with Crippen LogP contribution in [0.2, 0.25) is 0 Å². The van der Waals surface area contributed by atoms with Crippen molar-refractivity contribution in [1.29, 1.82) is 0 Å². The van der Waals surface area contributed by atoms with E-state index in [0.717, 1.165) is 5.56 Å². The lowest BCUT2D eigenvalue weighted by atomic mass is 10.2. The molecule has 0 atom stereocenters. The Hall–Kier alpha value is -1.15. The van der Waals surface area contributed by atoms with Crippen LogP contribution in [0.3, 0.4) is 0 Å². The van der Waals surface area contributed by atoms with Crippen LogP contribution >= 0.6 is 27.4 Å². The first-order chi connectivity index (χ1) is 14.3. The maximum atomic E-state index is 11.4. The number of thiocarbonyl (C=S) groups is 1. The number of benzene rings is 1. The zero-order valence-electron chi connectivity index (χ0n) is 16.8. The predicted molar refractivity (Wildman–Crippen MR) is 118 cm³/mol. The Bertz CT molecular complexity index is 798. The summed E-state index contributed by atoms with van der Waals surface area (Å²) in [4.78, 5) is 38.2. The van der Waals surface area contributed by atoms with Crippen LogP contribution in [0.4, 0.5) is 0 Å². The van der Waals surface area contributed by atoms with Gasteiger partial charge < -0.3 is 34.3 Å². The zero-order chi connectivity index (χ0) is 23.7. The second-order valence-electron chi connectivity index (χ2n) is 6.72. The quantitative estimate of drug-likeness (QED) is 0.0529. The van der Waals surface area contributed by atoms with E-state index in [1.165, 1.54) is 0 Å². The first-order valence-electron chi connectivity index (χ1n) is 9.03. The fourth-order valence-corrected chi connectivity index (χ4v) is 4.66. The zero-order valence-corrected chi connectivity index (χ0v) is 19.4. The van der Waals surface area contributed by atoms with Gasteiger partial charge in [0.1, 0.15) is 5.75 Å². The number of hydrogen-bond acceptors (Lipinski definition) is 8. The Kier molecular flexibility index (Phi) is 11.0. The molecule has 31 heavy (non-hydrogen) atoms. The van der Waals surface area contributed by atoms with E-state index >= 15 is 0 Å². The Morgan fingerprint density at radius 3 is 2.45 bits per heavy atom. The van der Waals surface area contributed by atoms with Gasteiger partial charge in [-0.05, 0) is 43.4 Å². The van der Waals surface area contributed by atoms with Crippen LogP contribution in [0.1, 0.15) is 18.4 Å². The van der Waals surface area contributed by atoms with E-state index in [9.17, 15) is 14.2 Å². The number of rotatable bonds is 13. The first-order valence-corrected chi connectivity index (χ1v) is 12.7. The van der Waals surface area contributed by atoms with Crippen LogP contribution in [0.15, 0.2) is 24.3 Å². The minimum atomic E-state index is -5.44. The summed E-state index contributed by atoms with van der Waals surface area (Å²) >= 11 is 4.83. The smallest absolute Gasteiger partial charge is 0.369 e. The molecule has 0 aliphatic heterocycles. The third-order valence-corrected chi connectivity index (χ3v) is 8.34. The van der Waals surface area contributed by atoms with Gasteiger partial charge in [-0.2, -0.15) is 0 Å². The van der Waals surface area contributed by atoms with Crippen LogP contribution in [-0.2, 0) is 15.7 Å². The number of nitrogens with zero attached hydrogens (tertiary/aromatic N) is 1. The van der Waals surface area contributed by atoms with Gasteiger partial charge in [-0.15, -0.1) is 0 Å². The molecule has 10 N–H and O–H groups in total. The molecule has 1 aromatic carbocycles. The molecule has 0 aliphatic carbocycles. The monoisotopic (exact) mass is 501 g/mol. The SMILES string of the molecule is CN(CCCOc1cccc(CNNC(=S)NN)c1)CCC(O)(P(=O)(O)O)P(=O)(O)O. The molecular formula is C15H29N5O8P2S. The highest BCUT2D eigenvalue weighted by molar-refractivity contribution is 7.80. The normalized spacial score (nSPS) is 12.6. The van der Waals surface area contributed by atoms with Crippen molar-refractivity contribution >= 4 is 32.5 Å². The Morgan fingerprint density at radius 1 is 1.23 bits per heavy atom. The summed E-state index contributed by atoms with van der Waals surface area (Å²) in [5.74, 6) is 5.78. The van der Waals surface area contributed by atoms with E-state index < -0.39 is 26.7 Å². The largest absolute Gasteiger partial charge is 0.494 e. The van der Waals surface area contributed by atoms with E-state index in [2.05, 4.69) is 16.3 Å². The van der Waals surface area contributed by atoms with E-state index in [4.69, 9.17) is 42.4 Å². The van der Waals surface area contributed by atoms with Gasteiger partial charge in [0.25, 0.3) is 5.08 Å². The standard InChI is InChI=1S/C15H29N5O8P2S/c1-20(8-6-15(21,29(22,23)24)30(25,26)27)7-3-9-28-13-5-2-4-12(10-13)11-17-19-14(31)18-16/h2,4-5,10,17,21H,3,6-9,11,16H2,1H3,(H2,18,19,31)(H2,22,23,24)(H2,25,26,27). The number of nitrogens with one attached hydrogen (secondary N) is 3. The molecule has 0 bridgehead atoms. The molecule has 1 aromatic rings. The lowest BCUT2D eigenvalue weighted by Gasteiger charge is -2.30. The summed E-state index contributed by atoms with van der Waals surface area (Å²) in [6.07, 6.45) is -0.258. The van der Waals surface area contributed by atoms with Gasteiger partial charge in [-0.3, -0.25) is 20.0 Å². The van der Waals surface area contributed by atoms with Gasteiger partial charge in [0, 0.05) is 26.1 Å². The molecule has 13 nitrogen and oxygen atoms in total. The lowest BCUT2D eigenvalue weighted by Crippen LogP contribution is -2.46. The molecule has 0 aliphatic rings. The van der Waals surface area contributed by atoms with Gasteiger partial charge in [-0.25, -0.2) is 11.3 Å². The minimum Gasteiger partial charge on any atom is -0.494 e. The Balaban J connectivity index is 2.42. The second-order valence-corrected chi connectivity index (χ2v) is 11.1. The summed E-state index contributed by atoms with van der Waals surface area (Å²) in [7, 11) is -9.29. The summed E-state index contributed by atoms with van der Waals surface area (Å²) < 4.78 is 28.4. The molecule has 16 heteroatoms. The number of nitrogens with two attached hydrogens (primary N) is 1. The van der Waals surface area contributed by atoms with Crippen molar-refractivity contribution in [2.45, 2.75) is 24.5 Å². The molecule has 0 heterocycles. The molecule has 0 amide bonds. The predicted octanol–water partition coefficient (Wildman–Crippen LogP) is -0.879. The summed E-state index contributed by atoms with van der Waals surface area (Å²) in [6, 6.07) is 7.32. The van der Waals surface area contributed by atoms with Gasteiger partial charge in [-0.1, -0.05) is 12.1 Å². The van der Waals surface area contributed by atoms with Gasteiger partial charge >= 0.3 is 15.2 Å². The van der Waals surface area contributed by atoms with Crippen molar-refractivity contribution in [3.63, 3.8) is 0 Å². The first kappa shape index (κ1) is 27.9. The van der Waals surface area contributed by atoms with Crippen molar-refractivity contribution in [3.8, 4) is 5.75 Å². The number of ether oxygens (including phenoxy) is 1. The third-order valence-electron chi connectivity index (χ3n) is 4.24. The second kappa shape index (κ2) is 12.2. The highest BCUT2D eigenvalue weighted by atomic mass is 32.1. The van der Waals surface area contributed by atoms with Crippen molar-refractivity contribution in [1.82, 2.24) is 21.2 Å². The fourth-order valence-electron chi connectivity index (χ4n) is 2.45. The van der Waals surface area contributed by atoms with E-state index in [1.54, 1.807) is 18.0 Å². The summed E-state index contributed by atoms with van der Waals surface area (Å²) in [5, 5.41) is 6.72. The molecule has 0 fully saturated rings. The minimum absolute atomic E-state index is 0.138. The molecule has 178 valence electrons. The van der Waals surface area contributed by atoms with Gasteiger partial charge in [0.05, 0.1) is 6.61 Å². The summed E-state index contributed by atoms with van der Waals surface area (Å²) in [6.45, 7) is 1.07. The van der Waals surface area contributed by atoms with Gasteiger partial charge in [0.15, 0.2) is 5.11 Å². The third kappa shape index (κ3) is 9.08. The summed E-state index contributed by atoms with van der Waals surface area (Å²) in [5.41, 5.74) is 8.77. The fraction of sp³-hybridized carbons (Fsp3) is 0.533. The topological polar surface area (TPSA) is 210 Å². The molecule has 0 unspecified atom stereocenters. The molecule has 0 radical (unpaired) electrons. The van der Waals surface area contributed by atoms with Crippen molar-refractivity contribution in [3.05, 3.63) is 29.8 Å². The molecule has 1 rings (SSSR count). The Morgan fingerprint density at radius 2 is 1.87 bits per heavy atom. The lowest BCUT2D eigenvalue weighted by molar-refractivity contribution is 0.111. The van der Waals surface area contributed by atoms with Gasteiger partial charge in [0.2, 0.25) is 0 Å². The van der Waals surface area contributed by atoms with Crippen molar-refractivity contribution < 1.29 is 38.5 Å². The van der Waals surface area contributed by atoms with E-state index in [-0.39, 0.29) is 11.7 Å². The van der Waals surface area contributed by atoms with Crippen LogP contribution in [0.25, 0.3) is 0 Å². The van der Waals surface area contributed by atoms with Crippen LogP contribution in [-0.4, -0.2) is 66.5 Å². The number of aliphatic hydroxyl groups is 1. The molecule has 0 saturated carbocycles. The van der Waals surface area contributed by atoms with Crippen molar-refractivity contribution in [2.24, 2.45) is 5.84 Å². The Labute approximate surface area is 185 Å². The average molecular weight is 501 g/mol. The molecular weight excluding hydrogens is 472 g/mol. The average Bonchev–Trinajstić information content (AvgIpc) is 2.67. The van der Waals surface area contributed by atoms with Crippen LogP contribution in [0, 0.1) is 0 Å². The highest BCUT2D eigenvalue weighted by Gasteiger charge is 2.58. The molecule has 0 saturated heterocycles.